The third-order valence-electron chi connectivity index (χ3n) is 4.06. The molecule has 1 aliphatic rings. The fraction of sp³-hybridized carbons (Fsp3) is 0.857. The number of allylic oxidation sites excluding steroid dienone is 1. The number of rotatable bonds is 7. The molecule has 0 radical (unpaired) electrons. The molecule has 2 N–H and O–H groups in total. The maximum absolute atomic E-state index is 6.31. The summed E-state index contributed by atoms with van der Waals surface area (Å²) in [5.41, 5.74) is 6.76. The second-order valence-electron chi connectivity index (χ2n) is 5.39. The third-order valence-corrected chi connectivity index (χ3v) is 4.06. The van der Waals surface area contributed by atoms with Crippen molar-refractivity contribution in [3.05, 3.63) is 12.7 Å². The van der Waals surface area contributed by atoms with Gasteiger partial charge in [-0.25, -0.2) is 0 Å². The lowest BCUT2D eigenvalue weighted by molar-refractivity contribution is 0.246. The van der Waals surface area contributed by atoms with Gasteiger partial charge in [0.1, 0.15) is 0 Å². The molecule has 15 heavy (non-hydrogen) atoms. The van der Waals surface area contributed by atoms with Gasteiger partial charge in [0.25, 0.3) is 0 Å². The molecule has 0 bridgehead atoms. The molecular weight excluding hydrogens is 182 g/mol. The van der Waals surface area contributed by atoms with Crippen LogP contribution >= 0.6 is 0 Å². The molecule has 0 amide bonds. The zero-order chi connectivity index (χ0) is 11.1. The molecule has 1 nitrogen and oxygen atoms in total. The predicted octanol–water partition coefficient (Wildman–Crippen LogP) is 4.03. The van der Waals surface area contributed by atoms with Gasteiger partial charge in [-0.3, -0.25) is 0 Å². The first-order valence-corrected chi connectivity index (χ1v) is 6.55. The van der Waals surface area contributed by atoms with Gasteiger partial charge in [-0.2, -0.15) is 0 Å². The van der Waals surface area contributed by atoms with Crippen LogP contribution in [0.25, 0.3) is 0 Å². The fourth-order valence-electron chi connectivity index (χ4n) is 2.73. The molecular formula is C14H27N. The molecule has 88 valence electrons. The smallest absolute Gasteiger partial charge is 0.00929 e. The predicted molar refractivity (Wildman–Crippen MR) is 67.8 cm³/mol. The Balaban J connectivity index is 2.12. The molecule has 0 aromatic carbocycles. The van der Waals surface area contributed by atoms with E-state index >= 15 is 0 Å². The molecule has 1 atom stereocenters. The first-order valence-electron chi connectivity index (χ1n) is 6.55. The van der Waals surface area contributed by atoms with Crippen molar-refractivity contribution < 1.29 is 0 Å². The van der Waals surface area contributed by atoms with Crippen LogP contribution in [0.1, 0.15) is 64.7 Å². The topological polar surface area (TPSA) is 26.0 Å². The summed E-state index contributed by atoms with van der Waals surface area (Å²) in [6, 6.07) is 0.434. The van der Waals surface area contributed by atoms with E-state index in [2.05, 4.69) is 13.5 Å². The first-order chi connectivity index (χ1) is 7.19. The average molecular weight is 209 g/mol. The van der Waals surface area contributed by atoms with Crippen molar-refractivity contribution in [2.45, 2.75) is 70.8 Å². The maximum Gasteiger partial charge on any atom is 0.00929 e. The summed E-state index contributed by atoms with van der Waals surface area (Å²) in [6.07, 6.45) is 13.8. The molecule has 1 aliphatic carbocycles. The molecule has 1 rings (SSSR count). The van der Waals surface area contributed by atoms with Gasteiger partial charge in [0.05, 0.1) is 0 Å². The molecule has 0 aromatic rings. The lowest BCUT2D eigenvalue weighted by atomic mass is 9.79. The van der Waals surface area contributed by atoms with Gasteiger partial charge >= 0.3 is 0 Å². The van der Waals surface area contributed by atoms with Crippen LogP contribution in [0.15, 0.2) is 12.7 Å². The monoisotopic (exact) mass is 209 g/mol. The van der Waals surface area contributed by atoms with E-state index in [-0.39, 0.29) is 0 Å². The summed E-state index contributed by atoms with van der Waals surface area (Å²) in [6.45, 7) is 6.13. The van der Waals surface area contributed by atoms with Gasteiger partial charge in [-0.15, -0.1) is 6.58 Å². The molecule has 1 unspecified atom stereocenters. The van der Waals surface area contributed by atoms with E-state index in [1.165, 1.54) is 51.4 Å². The number of nitrogens with two attached hydrogens (primary N) is 1. The minimum absolute atomic E-state index is 0.434. The van der Waals surface area contributed by atoms with Crippen LogP contribution in [-0.4, -0.2) is 6.04 Å². The molecule has 0 spiro atoms. The summed E-state index contributed by atoms with van der Waals surface area (Å²) in [7, 11) is 0. The van der Waals surface area contributed by atoms with Gasteiger partial charge in [0, 0.05) is 6.04 Å². The van der Waals surface area contributed by atoms with Crippen molar-refractivity contribution in [1.29, 1.82) is 0 Å². The average Bonchev–Trinajstić information content (AvgIpc) is 2.66. The van der Waals surface area contributed by atoms with E-state index in [1.807, 2.05) is 6.08 Å². The molecule has 0 heterocycles. The number of hydrogen-bond donors (Lipinski definition) is 1. The highest BCUT2D eigenvalue weighted by Crippen LogP contribution is 2.41. The van der Waals surface area contributed by atoms with Crippen molar-refractivity contribution in [2.75, 3.05) is 0 Å². The number of hydrogen-bond acceptors (Lipinski definition) is 1. The Morgan fingerprint density at radius 3 is 2.53 bits per heavy atom. The summed E-state index contributed by atoms with van der Waals surface area (Å²) < 4.78 is 0. The van der Waals surface area contributed by atoms with E-state index in [4.69, 9.17) is 5.73 Å². The largest absolute Gasteiger partial charge is 0.327 e. The van der Waals surface area contributed by atoms with Gasteiger partial charge in [-0.05, 0) is 37.5 Å². The maximum atomic E-state index is 6.31. The van der Waals surface area contributed by atoms with Crippen molar-refractivity contribution in [3.8, 4) is 0 Å². The van der Waals surface area contributed by atoms with Crippen LogP contribution in [0.4, 0.5) is 0 Å². The zero-order valence-electron chi connectivity index (χ0n) is 10.3. The van der Waals surface area contributed by atoms with Crippen molar-refractivity contribution >= 4 is 0 Å². The Labute approximate surface area is 95.1 Å². The van der Waals surface area contributed by atoms with Crippen LogP contribution in [0, 0.1) is 5.41 Å². The highest BCUT2D eigenvalue weighted by molar-refractivity contribution is 4.89. The Morgan fingerprint density at radius 2 is 1.93 bits per heavy atom. The summed E-state index contributed by atoms with van der Waals surface area (Å²) >= 11 is 0. The SMILES string of the molecule is C=CCCCCCC(N)C1(C)CCCC1. The summed E-state index contributed by atoms with van der Waals surface area (Å²) in [4.78, 5) is 0. The summed E-state index contributed by atoms with van der Waals surface area (Å²) in [5, 5.41) is 0. The second kappa shape index (κ2) is 6.32. The number of unbranched alkanes of at least 4 members (excludes halogenated alkanes) is 3. The van der Waals surface area contributed by atoms with Gasteiger partial charge in [-0.1, -0.05) is 38.7 Å². The molecule has 0 aromatic heterocycles. The lowest BCUT2D eigenvalue weighted by Crippen LogP contribution is -2.37. The van der Waals surface area contributed by atoms with Crippen LogP contribution in [-0.2, 0) is 0 Å². The fourth-order valence-corrected chi connectivity index (χ4v) is 2.73. The van der Waals surface area contributed by atoms with E-state index in [1.54, 1.807) is 0 Å². The minimum Gasteiger partial charge on any atom is -0.327 e. The Hall–Kier alpha value is -0.300. The highest BCUT2D eigenvalue weighted by atomic mass is 14.7. The molecule has 1 saturated carbocycles. The normalized spacial score (nSPS) is 21.5. The van der Waals surface area contributed by atoms with E-state index in [0.717, 1.165) is 6.42 Å². The Morgan fingerprint density at radius 1 is 1.27 bits per heavy atom. The molecule has 1 heteroatoms. The molecule has 1 fully saturated rings. The van der Waals surface area contributed by atoms with E-state index < -0.39 is 0 Å². The standard InChI is InChI=1S/C14H27N/c1-3-4-5-6-7-10-13(15)14(2)11-8-9-12-14/h3,13H,1,4-12,15H2,2H3. The van der Waals surface area contributed by atoms with Crippen LogP contribution in [0.3, 0.4) is 0 Å². The van der Waals surface area contributed by atoms with E-state index in [9.17, 15) is 0 Å². The van der Waals surface area contributed by atoms with Crippen molar-refractivity contribution in [3.63, 3.8) is 0 Å². The highest BCUT2D eigenvalue weighted by Gasteiger charge is 2.34. The van der Waals surface area contributed by atoms with Crippen LogP contribution in [0.5, 0.6) is 0 Å². The lowest BCUT2D eigenvalue weighted by Gasteiger charge is -2.31. The Bertz CT molecular complexity index is 180. The first kappa shape index (κ1) is 12.8. The van der Waals surface area contributed by atoms with Crippen LogP contribution in [0.2, 0.25) is 0 Å². The second-order valence-corrected chi connectivity index (χ2v) is 5.39. The third kappa shape index (κ3) is 3.98. The van der Waals surface area contributed by atoms with Gasteiger partial charge in [0.2, 0.25) is 0 Å². The van der Waals surface area contributed by atoms with Gasteiger partial charge < -0.3 is 5.73 Å². The quantitative estimate of drug-likeness (QED) is 0.497. The zero-order valence-corrected chi connectivity index (χ0v) is 10.3. The minimum atomic E-state index is 0.434. The van der Waals surface area contributed by atoms with Crippen molar-refractivity contribution in [1.82, 2.24) is 0 Å². The molecule has 0 aliphatic heterocycles. The Kier molecular flexibility index (Phi) is 5.38. The summed E-state index contributed by atoms with van der Waals surface area (Å²) in [5.74, 6) is 0. The van der Waals surface area contributed by atoms with E-state index in [0.29, 0.717) is 11.5 Å². The van der Waals surface area contributed by atoms with Crippen LogP contribution < -0.4 is 5.73 Å². The van der Waals surface area contributed by atoms with Gasteiger partial charge in [0.15, 0.2) is 0 Å². The molecule has 0 saturated heterocycles. The van der Waals surface area contributed by atoms with Crippen molar-refractivity contribution in [2.24, 2.45) is 11.1 Å².